The van der Waals surface area contributed by atoms with Crippen LogP contribution in [-0.4, -0.2) is 59.5 Å². The van der Waals surface area contributed by atoms with E-state index in [2.05, 4.69) is 0 Å². The molecule has 1 unspecified atom stereocenters. The Morgan fingerprint density at radius 1 is 1.67 bits per heavy atom. The van der Waals surface area contributed by atoms with E-state index in [9.17, 15) is 14.7 Å². The molecule has 1 saturated heterocycles. The van der Waals surface area contributed by atoms with Crippen molar-refractivity contribution in [2.75, 3.05) is 26.7 Å². The van der Waals surface area contributed by atoms with Gasteiger partial charge in [-0.15, -0.1) is 0 Å². The Bertz CT molecular complexity index is 257. The van der Waals surface area contributed by atoms with Gasteiger partial charge in [0.05, 0.1) is 0 Å². The van der Waals surface area contributed by atoms with Crippen molar-refractivity contribution in [1.82, 2.24) is 9.80 Å². The van der Waals surface area contributed by atoms with Crippen molar-refractivity contribution in [2.24, 2.45) is 0 Å². The molecule has 0 aliphatic carbocycles. The van der Waals surface area contributed by atoms with Crippen LogP contribution in [0.15, 0.2) is 0 Å². The molecular formula is C10H18N2O3. The zero-order valence-corrected chi connectivity index (χ0v) is 9.27. The summed E-state index contributed by atoms with van der Waals surface area (Å²) in [5, 5.41) is 9.31. The minimum atomic E-state index is -1.02. The van der Waals surface area contributed by atoms with Crippen molar-refractivity contribution >= 4 is 12.4 Å². The number of rotatable bonds is 4. The molecule has 0 aromatic carbocycles. The van der Waals surface area contributed by atoms with E-state index in [1.165, 1.54) is 4.90 Å². The summed E-state index contributed by atoms with van der Waals surface area (Å²) in [6.07, 6.45) is 2.00. The maximum absolute atomic E-state index is 11.4. The lowest BCUT2D eigenvalue weighted by atomic mass is 9.87. The first-order chi connectivity index (χ1) is 7.06. The van der Waals surface area contributed by atoms with Crippen molar-refractivity contribution in [2.45, 2.75) is 25.3 Å². The van der Waals surface area contributed by atoms with Crippen LogP contribution in [0.1, 0.15) is 19.8 Å². The Morgan fingerprint density at radius 2 is 2.33 bits per heavy atom. The lowest BCUT2D eigenvalue weighted by molar-refractivity contribution is -0.159. The number of likely N-dealkylation sites (N-methyl/N-ethyl adjacent to an activating group) is 2. The average Bonchev–Trinajstić information content (AvgIpc) is 2.19. The van der Waals surface area contributed by atoms with Gasteiger partial charge in [0.1, 0.15) is 0 Å². The van der Waals surface area contributed by atoms with Crippen LogP contribution in [0, 0.1) is 0 Å². The molecule has 0 bridgehead atoms. The largest absolute Gasteiger partial charge is 0.479 e. The standard InChI is InChI=1S/C10H18N2O3/c1-3-12(8-13)10(9(14)15)5-4-6-11(2)7-10/h8H,3-7H2,1-2H3,(H,14,15). The minimum absolute atomic E-state index is 0.412. The van der Waals surface area contributed by atoms with Gasteiger partial charge in [0.15, 0.2) is 5.54 Å². The Labute approximate surface area is 89.7 Å². The monoisotopic (exact) mass is 214 g/mol. The van der Waals surface area contributed by atoms with Crippen molar-refractivity contribution in [1.29, 1.82) is 0 Å². The highest BCUT2D eigenvalue weighted by Crippen LogP contribution is 2.26. The fourth-order valence-corrected chi connectivity index (χ4v) is 2.26. The Hall–Kier alpha value is -1.10. The van der Waals surface area contributed by atoms with Crippen LogP contribution >= 0.6 is 0 Å². The van der Waals surface area contributed by atoms with Crippen LogP contribution in [0.4, 0.5) is 0 Å². The van der Waals surface area contributed by atoms with E-state index in [0.717, 1.165) is 13.0 Å². The van der Waals surface area contributed by atoms with Gasteiger partial charge in [0.25, 0.3) is 0 Å². The summed E-state index contributed by atoms with van der Waals surface area (Å²) < 4.78 is 0. The van der Waals surface area contributed by atoms with E-state index in [0.29, 0.717) is 25.9 Å². The molecule has 1 aliphatic rings. The van der Waals surface area contributed by atoms with E-state index in [-0.39, 0.29) is 0 Å². The third kappa shape index (κ3) is 2.12. The molecule has 5 nitrogen and oxygen atoms in total. The van der Waals surface area contributed by atoms with E-state index < -0.39 is 11.5 Å². The zero-order chi connectivity index (χ0) is 11.5. The fraction of sp³-hybridized carbons (Fsp3) is 0.800. The predicted molar refractivity (Wildman–Crippen MR) is 55.5 cm³/mol. The molecule has 1 atom stereocenters. The summed E-state index contributed by atoms with van der Waals surface area (Å²) in [6.45, 7) is 3.54. The van der Waals surface area contributed by atoms with Crippen molar-refractivity contribution in [3.05, 3.63) is 0 Å². The first-order valence-electron chi connectivity index (χ1n) is 5.21. The molecule has 1 N–H and O–H groups in total. The van der Waals surface area contributed by atoms with Gasteiger partial charge in [0, 0.05) is 13.1 Å². The first kappa shape index (κ1) is 12.0. The fourth-order valence-electron chi connectivity index (χ4n) is 2.26. The molecule has 0 aromatic heterocycles. The number of piperidine rings is 1. The van der Waals surface area contributed by atoms with Gasteiger partial charge in [-0.2, -0.15) is 0 Å². The molecule has 15 heavy (non-hydrogen) atoms. The molecule has 1 heterocycles. The van der Waals surface area contributed by atoms with Gasteiger partial charge >= 0.3 is 5.97 Å². The highest BCUT2D eigenvalue weighted by Gasteiger charge is 2.45. The number of carboxylic acids is 1. The van der Waals surface area contributed by atoms with Crippen LogP contribution in [0.25, 0.3) is 0 Å². The van der Waals surface area contributed by atoms with Gasteiger partial charge in [-0.1, -0.05) is 0 Å². The van der Waals surface area contributed by atoms with Gasteiger partial charge in [-0.25, -0.2) is 4.79 Å². The van der Waals surface area contributed by atoms with Crippen LogP contribution < -0.4 is 0 Å². The molecule has 1 fully saturated rings. The molecule has 5 heteroatoms. The van der Waals surface area contributed by atoms with Crippen LogP contribution in [0.3, 0.4) is 0 Å². The van der Waals surface area contributed by atoms with Gasteiger partial charge in [-0.3, -0.25) is 4.79 Å². The number of carbonyl (C=O) groups is 2. The summed E-state index contributed by atoms with van der Waals surface area (Å²) in [6, 6.07) is 0. The van der Waals surface area contributed by atoms with Gasteiger partial charge in [-0.05, 0) is 33.4 Å². The molecule has 1 aliphatic heterocycles. The van der Waals surface area contributed by atoms with E-state index in [4.69, 9.17) is 0 Å². The Morgan fingerprint density at radius 3 is 2.73 bits per heavy atom. The second-order valence-corrected chi connectivity index (χ2v) is 4.07. The first-order valence-corrected chi connectivity index (χ1v) is 5.21. The van der Waals surface area contributed by atoms with E-state index in [1.54, 1.807) is 6.92 Å². The maximum atomic E-state index is 11.4. The number of amides is 1. The molecule has 0 radical (unpaired) electrons. The van der Waals surface area contributed by atoms with Crippen molar-refractivity contribution < 1.29 is 14.7 Å². The van der Waals surface area contributed by atoms with E-state index >= 15 is 0 Å². The number of likely N-dealkylation sites (tertiary alicyclic amines) is 1. The predicted octanol–water partition coefficient (Wildman–Crippen LogP) is 0.0137. The van der Waals surface area contributed by atoms with Crippen LogP contribution in [-0.2, 0) is 9.59 Å². The molecule has 86 valence electrons. The molecule has 1 amide bonds. The molecule has 0 aromatic rings. The van der Waals surface area contributed by atoms with Crippen molar-refractivity contribution in [3.63, 3.8) is 0 Å². The smallest absolute Gasteiger partial charge is 0.330 e. The third-order valence-corrected chi connectivity index (χ3v) is 3.08. The third-order valence-electron chi connectivity index (χ3n) is 3.08. The highest BCUT2D eigenvalue weighted by atomic mass is 16.4. The quantitative estimate of drug-likeness (QED) is 0.670. The second-order valence-electron chi connectivity index (χ2n) is 4.07. The number of nitrogens with zero attached hydrogens (tertiary/aromatic N) is 2. The number of hydrogen-bond donors (Lipinski definition) is 1. The van der Waals surface area contributed by atoms with Gasteiger partial charge < -0.3 is 14.9 Å². The summed E-state index contributed by atoms with van der Waals surface area (Å²) in [4.78, 5) is 25.6. The lowest BCUT2D eigenvalue weighted by Crippen LogP contribution is -2.62. The van der Waals surface area contributed by atoms with Crippen LogP contribution in [0.5, 0.6) is 0 Å². The molecule has 0 spiro atoms. The Balaban J connectivity index is 2.95. The second kappa shape index (κ2) is 4.61. The van der Waals surface area contributed by atoms with Crippen LogP contribution in [0.2, 0.25) is 0 Å². The summed E-state index contributed by atoms with van der Waals surface area (Å²) in [5.41, 5.74) is -1.02. The zero-order valence-electron chi connectivity index (χ0n) is 9.27. The minimum Gasteiger partial charge on any atom is -0.479 e. The normalized spacial score (nSPS) is 27.3. The topological polar surface area (TPSA) is 60.9 Å². The number of carboxylic acid groups (broad SMARTS) is 1. The summed E-state index contributed by atoms with van der Waals surface area (Å²) in [5.74, 6) is -0.900. The van der Waals surface area contributed by atoms with E-state index in [1.807, 2.05) is 11.9 Å². The SMILES string of the molecule is CCN(C=O)C1(C(=O)O)CCCN(C)C1. The number of hydrogen-bond acceptors (Lipinski definition) is 3. The highest BCUT2D eigenvalue weighted by molar-refractivity contribution is 5.82. The number of carbonyl (C=O) groups excluding carboxylic acids is 1. The van der Waals surface area contributed by atoms with Gasteiger partial charge in [0.2, 0.25) is 6.41 Å². The molecular weight excluding hydrogens is 196 g/mol. The number of aliphatic carboxylic acids is 1. The average molecular weight is 214 g/mol. The molecule has 1 rings (SSSR count). The van der Waals surface area contributed by atoms with Crippen molar-refractivity contribution in [3.8, 4) is 0 Å². The Kier molecular flexibility index (Phi) is 3.68. The molecule has 0 saturated carbocycles. The lowest BCUT2D eigenvalue weighted by Gasteiger charge is -2.43. The maximum Gasteiger partial charge on any atom is 0.330 e. The summed E-state index contributed by atoms with van der Waals surface area (Å²) >= 11 is 0. The summed E-state index contributed by atoms with van der Waals surface area (Å²) in [7, 11) is 1.88.